The van der Waals surface area contributed by atoms with Crippen molar-refractivity contribution >= 4 is 16.9 Å². The molecule has 0 radical (unpaired) electrons. The molecule has 2 aromatic carbocycles. The van der Waals surface area contributed by atoms with Crippen molar-refractivity contribution in [1.82, 2.24) is 15.3 Å². The first-order valence-electron chi connectivity index (χ1n) is 8.31. The SMILES string of the molecule is O=C(NCc1nc2ccccc2[nH]1)C1CC1c1ccccc1C(F)(F)F. The number of rotatable bonds is 4. The van der Waals surface area contributed by atoms with Crippen LogP contribution in [0.25, 0.3) is 11.0 Å². The molecule has 0 aliphatic heterocycles. The average Bonchev–Trinajstić information content (AvgIpc) is 3.31. The number of amides is 1. The average molecular weight is 359 g/mol. The molecule has 1 aliphatic rings. The van der Waals surface area contributed by atoms with Gasteiger partial charge in [0.2, 0.25) is 5.91 Å². The Bertz CT molecular complexity index is 931. The van der Waals surface area contributed by atoms with Crippen molar-refractivity contribution in [2.45, 2.75) is 25.1 Å². The molecule has 2 atom stereocenters. The first kappa shape index (κ1) is 16.6. The highest BCUT2D eigenvalue weighted by molar-refractivity contribution is 5.83. The Morgan fingerprint density at radius 3 is 2.65 bits per heavy atom. The molecular weight excluding hydrogens is 343 g/mol. The van der Waals surface area contributed by atoms with E-state index in [0.717, 1.165) is 17.1 Å². The van der Waals surface area contributed by atoms with E-state index in [9.17, 15) is 18.0 Å². The van der Waals surface area contributed by atoms with E-state index in [4.69, 9.17) is 0 Å². The van der Waals surface area contributed by atoms with Crippen molar-refractivity contribution in [1.29, 1.82) is 0 Å². The van der Waals surface area contributed by atoms with Crippen LogP contribution < -0.4 is 5.32 Å². The highest BCUT2D eigenvalue weighted by atomic mass is 19.4. The second-order valence-corrected chi connectivity index (χ2v) is 6.45. The van der Waals surface area contributed by atoms with Gasteiger partial charge in [-0.3, -0.25) is 4.79 Å². The van der Waals surface area contributed by atoms with Crippen LogP contribution in [0, 0.1) is 5.92 Å². The van der Waals surface area contributed by atoms with Crippen LogP contribution in [0.15, 0.2) is 48.5 Å². The van der Waals surface area contributed by atoms with Crippen molar-refractivity contribution in [2.75, 3.05) is 0 Å². The Morgan fingerprint density at radius 2 is 1.88 bits per heavy atom. The van der Waals surface area contributed by atoms with Gasteiger partial charge in [-0.2, -0.15) is 13.2 Å². The molecule has 2 N–H and O–H groups in total. The van der Waals surface area contributed by atoms with E-state index < -0.39 is 17.7 Å². The van der Waals surface area contributed by atoms with Crippen molar-refractivity contribution in [3.63, 3.8) is 0 Å². The van der Waals surface area contributed by atoms with Gasteiger partial charge in [0, 0.05) is 5.92 Å². The lowest BCUT2D eigenvalue weighted by molar-refractivity contribution is -0.138. The number of benzene rings is 2. The van der Waals surface area contributed by atoms with E-state index >= 15 is 0 Å². The van der Waals surface area contributed by atoms with Crippen molar-refractivity contribution < 1.29 is 18.0 Å². The third-order valence-electron chi connectivity index (χ3n) is 4.66. The molecule has 26 heavy (non-hydrogen) atoms. The first-order chi connectivity index (χ1) is 12.4. The lowest BCUT2D eigenvalue weighted by Crippen LogP contribution is -2.25. The Labute approximate surface area is 147 Å². The molecule has 1 amide bonds. The van der Waals surface area contributed by atoms with Gasteiger partial charge in [-0.25, -0.2) is 4.98 Å². The minimum atomic E-state index is -4.41. The van der Waals surface area contributed by atoms with Crippen molar-refractivity contribution in [3.8, 4) is 0 Å². The second kappa shape index (κ2) is 6.16. The van der Waals surface area contributed by atoms with Gasteiger partial charge in [0.15, 0.2) is 0 Å². The number of alkyl halides is 3. The van der Waals surface area contributed by atoms with Gasteiger partial charge in [0.05, 0.1) is 23.1 Å². The maximum atomic E-state index is 13.1. The fourth-order valence-corrected chi connectivity index (χ4v) is 3.30. The third-order valence-corrected chi connectivity index (χ3v) is 4.66. The maximum absolute atomic E-state index is 13.1. The first-order valence-corrected chi connectivity index (χ1v) is 8.31. The fraction of sp³-hybridized carbons (Fsp3) is 0.263. The number of halogens is 3. The number of fused-ring (bicyclic) bond motifs is 1. The summed E-state index contributed by atoms with van der Waals surface area (Å²) in [5, 5.41) is 2.77. The Kier molecular flexibility index (Phi) is 3.94. The van der Waals surface area contributed by atoms with Crippen LogP contribution in [0.2, 0.25) is 0 Å². The highest BCUT2D eigenvalue weighted by Gasteiger charge is 2.47. The standard InChI is InChI=1S/C19H16F3N3O/c20-19(21,22)14-6-2-1-5-11(14)12-9-13(12)18(26)23-10-17-24-15-7-3-4-8-16(15)25-17/h1-8,12-13H,9-10H2,(H,23,26)(H,24,25). The number of nitrogens with zero attached hydrogens (tertiary/aromatic N) is 1. The molecule has 7 heteroatoms. The van der Waals surface area contributed by atoms with Gasteiger partial charge < -0.3 is 10.3 Å². The fourth-order valence-electron chi connectivity index (χ4n) is 3.30. The monoisotopic (exact) mass is 359 g/mol. The molecule has 1 saturated carbocycles. The van der Waals surface area contributed by atoms with Gasteiger partial charge >= 0.3 is 6.18 Å². The summed E-state index contributed by atoms with van der Waals surface area (Å²) < 4.78 is 39.4. The third kappa shape index (κ3) is 3.16. The smallest absolute Gasteiger partial charge is 0.349 e. The van der Waals surface area contributed by atoms with Crippen molar-refractivity contribution in [3.05, 3.63) is 65.5 Å². The zero-order valence-electron chi connectivity index (χ0n) is 13.7. The summed E-state index contributed by atoms with van der Waals surface area (Å²) in [5.74, 6) is -0.439. The molecule has 4 rings (SSSR count). The molecule has 0 spiro atoms. The predicted octanol–water partition coefficient (Wildman–Crippen LogP) is 4.00. The largest absolute Gasteiger partial charge is 0.416 e. The Balaban J connectivity index is 1.42. The summed E-state index contributed by atoms with van der Waals surface area (Å²) in [4.78, 5) is 19.8. The molecule has 4 nitrogen and oxygen atoms in total. The highest BCUT2D eigenvalue weighted by Crippen LogP contribution is 2.51. The number of hydrogen-bond acceptors (Lipinski definition) is 2. The van der Waals surface area contributed by atoms with E-state index in [0.29, 0.717) is 12.2 Å². The quantitative estimate of drug-likeness (QED) is 0.740. The molecule has 1 aromatic heterocycles. The minimum absolute atomic E-state index is 0.198. The number of carbonyl (C=O) groups excluding carboxylic acids is 1. The number of carbonyl (C=O) groups is 1. The normalized spacial score (nSPS) is 19.5. The number of hydrogen-bond donors (Lipinski definition) is 2. The summed E-state index contributed by atoms with van der Waals surface area (Å²) in [6.07, 6.45) is -3.98. The lowest BCUT2D eigenvalue weighted by Gasteiger charge is -2.12. The summed E-state index contributed by atoms with van der Waals surface area (Å²) in [6.45, 7) is 0.220. The molecule has 1 aliphatic carbocycles. The maximum Gasteiger partial charge on any atom is 0.416 e. The van der Waals surface area contributed by atoms with Gasteiger partial charge in [-0.1, -0.05) is 30.3 Å². The van der Waals surface area contributed by atoms with Crippen LogP contribution in [-0.2, 0) is 17.5 Å². The predicted molar refractivity (Wildman–Crippen MR) is 90.2 cm³/mol. The Morgan fingerprint density at radius 1 is 1.15 bits per heavy atom. The van der Waals surface area contributed by atoms with Gasteiger partial charge in [0.25, 0.3) is 0 Å². The number of imidazole rings is 1. The number of H-pyrrole nitrogens is 1. The molecule has 2 unspecified atom stereocenters. The number of aromatic nitrogens is 2. The van der Waals surface area contributed by atoms with Crippen LogP contribution in [-0.4, -0.2) is 15.9 Å². The zero-order valence-corrected chi connectivity index (χ0v) is 13.7. The molecule has 1 heterocycles. The van der Waals surface area contributed by atoms with Crippen LogP contribution in [0.4, 0.5) is 13.2 Å². The minimum Gasteiger partial charge on any atom is -0.349 e. The van der Waals surface area contributed by atoms with Crippen LogP contribution in [0.1, 0.15) is 29.3 Å². The number of nitrogens with one attached hydrogen (secondary N) is 2. The van der Waals surface area contributed by atoms with Gasteiger partial charge in [-0.05, 0) is 36.1 Å². The summed E-state index contributed by atoms with van der Waals surface area (Å²) in [6, 6.07) is 13.0. The van der Waals surface area contributed by atoms with Crippen LogP contribution in [0.3, 0.4) is 0 Å². The molecule has 134 valence electrons. The topological polar surface area (TPSA) is 57.8 Å². The van der Waals surface area contributed by atoms with Crippen molar-refractivity contribution in [2.24, 2.45) is 5.92 Å². The second-order valence-electron chi connectivity index (χ2n) is 6.45. The number of aromatic amines is 1. The molecule has 3 aromatic rings. The van der Waals surface area contributed by atoms with E-state index in [1.54, 1.807) is 6.07 Å². The molecule has 1 fully saturated rings. The number of para-hydroxylation sites is 2. The van der Waals surface area contributed by atoms with E-state index in [1.807, 2.05) is 24.3 Å². The Hall–Kier alpha value is -2.83. The van der Waals surface area contributed by atoms with E-state index in [2.05, 4.69) is 15.3 Å². The summed E-state index contributed by atoms with van der Waals surface area (Å²) in [7, 11) is 0. The molecule has 0 bridgehead atoms. The van der Waals surface area contributed by atoms with Gasteiger partial charge in [0.1, 0.15) is 5.82 Å². The van der Waals surface area contributed by atoms with Crippen LogP contribution >= 0.6 is 0 Å². The van der Waals surface area contributed by atoms with Crippen LogP contribution in [0.5, 0.6) is 0 Å². The zero-order chi connectivity index (χ0) is 18.3. The summed E-state index contributed by atoms with van der Waals surface area (Å²) in [5.41, 5.74) is 1.22. The van der Waals surface area contributed by atoms with Gasteiger partial charge in [-0.15, -0.1) is 0 Å². The lowest BCUT2D eigenvalue weighted by atomic mass is 10.0. The summed E-state index contributed by atoms with van der Waals surface area (Å²) >= 11 is 0. The van der Waals surface area contributed by atoms with E-state index in [-0.39, 0.29) is 23.9 Å². The molecule has 0 saturated heterocycles. The van der Waals surface area contributed by atoms with E-state index in [1.165, 1.54) is 12.1 Å². The molecular formula is C19H16F3N3O.